The molecule has 1 aromatic heterocycles. The van der Waals surface area contributed by atoms with Crippen LogP contribution in [0.1, 0.15) is 43.8 Å². The largest absolute Gasteiger partial charge is 0.282 e. The van der Waals surface area contributed by atoms with E-state index in [-0.39, 0.29) is 17.3 Å². The summed E-state index contributed by atoms with van der Waals surface area (Å²) in [4.78, 5) is -0.991. The number of benzene rings is 1. The van der Waals surface area contributed by atoms with E-state index in [4.69, 9.17) is 5.14 Å². The molecule has 25 heavy (non-hydrogen) atoms. The van der Waals surface area contributed by atoms with E-state index in [0.717, 1.165) is 18.9 Å². The number of nitrogens with zero attached hydrogens (tertiary/aromatic N) is 2. The van der Waals surface area contributed by atoms with E-state index in [0.29, 0.717) is 25.0 Å². The van der Waals surface area contributed by atoms with Crippen molar-refractivity contribution in [1.29, 1.82) is 0 Å². The average Bonchev–Trinajstić information content (AvgIpc) is 3.16. The topological polar surface area (TPSA) is 78.0 Å². The maximum Gasteiger partial charge on any atom is 0.282 e. The van der Waals surface area contributed by atoms with Crippen molar-refractivity contribution in [3.63, 3.8) is 0 Å². The lowest BCUT2D eigenvalue weighted by atomic mass is 10.1. The molecule has 0 atom stereocenters. The van der Waals surface area contributed by atoms with Crippen LogP contribution in [0, 0.1) is 11.6 Å². The number of hydrogen-bond acceptors (Lipinski definition) is 3. The van der Waals surface area contributed by atoms with Crippen molar-refractivity contribution in [2.75, 3.05) is 0 Å². The second-order valence-corrected chi connectivity index (χ2v) is 7.48. The van der Waals surface area contributed by atoms with Crippen molar-refractivity contribution < 1.29 is 26.0 Å². The zero-order valence-electron chi connectivity index (χ0n) is 12.9. The molecule has 1 heterocycles. The molecule has 5 nitrogen and oxygen atoms in total. The minimum atomic E-state index is -4.45. The van der Waals surface area contributed by atoms with Crippen molar-refractivity contribution >= 4 is 10.0 Å². The molecule has 0 amide bonds. The Morgan fingerprint density at radius 2 is 1.76 bits per heavy atom. The number of halogens is 4. The summed E-state index contributed by atoms with van der Waals surface area (Å²) < 4.78 is 78.4. The predicted octanol–water partition coefficient (Wildman–Crippen LogP) is 3.53. The Bertz CT molecular complexity index is 906. The smallest absolute Gasteiger partial charge is 0.261 e. The highest BCUT2D eigenvalue weighted by atomic mass is 32.2. The van der Waals surface area contributed by atoms with Gasteiger partial charge in [-0.3, -0.25) is 4.68 Å². The van der Waals surface area contributed by atoms with Gasteiger partial charge in [0.05, 0.1) is 11.7 Å². The highest BCUT2D eigenvalue weighted by Gasteiger charge is 2.27. The molecule has 136 valence electrons. The summed E-state index contributed by atoms with van der Waals surface area (Å²) in [5.74, 6) is -2.33. The molecule has 0 saturated heterocycles. The second-order valence-electron chi connectivity index (χ2n) is 5.95. The molecule has 1 aliphatic carbocycles. The van der Waals surface area contributed by atoms with E-state index in [9.17, 15) is 26.0 Å². The van der Waals surface area contributed by atoms with Gasteiger partial charge in [0.25, 0.3) is 6.43 Å². The molecule has 0 radical (unpaired) electrons. The highest BCUT2D eigenvalue weighted by Crippen LogP contribution is 2.36. The van der Waals surface area contributed by atoms with E-state index < -0.39 is 38.7 Å². The molecular formula is C15H15F4N3O2S. The quantitative estimate of drug-likeness (QED) is 0.828. The van der Waals surface area contributed by atoms with E-state index in [1.807, 2.05) is 0 Å². The summed E-state index contributed by atoms with van der Waals surface area (Å²) in [7, 11) is -4.45. The summed E-state index contributed by atoms with van der Waals surface area (Å²) in [6.45, 7) is 0. The average molecular weight is 377 g/mol. The van der Waals surface area contributed by atoms with Gasteiger partial charge >= 0.3 is 0 Å². The van der Waals surface area contributed by atoms with Crippen LogP contribution in [-0.4, -0.2) is 18.2 Å². The van der Waals surface area contributed by atoms with Gasteiger partial charge < -0.3 is 0 Å². The fourth-order valence-electron chi connectivity index (χ4n) is 3.09. The lowest BCUT2D eigenvalue weighted by Crippen LogP contribution is -2.15. The van der Waals surface area contributed by atoms with E-state index in [1.54, 1.807) is 0 Å². The first-order valence-corrected chi connectivity index (χ1v) is 9.13. The Hall–Kier alpha value is -1.94. The molecule has 2 aromatic rings. The van der Waals surface area contributed by atoms with Gasteiger partial charge in [0, 0.05) is 5.56 Å². The van der Waals surface area contributed by atoms with Gasteiger partial charge in [-0.25, -0.2) is 31.1 Å². The number of sulfonamides is 1. The van der Waals surface area contributed by atoms with Crippen molar-refractivity contribution in [2.45, 2.75) is 43.0 Å². The van der Waals surface area contributed by atoms with Gasteiger partial charge in [-0.1, -0.05) is 12.8 Å². The van der Waals surface area contributed by atoms with Crippen LogP contribution in [0.2, 0.25) is 0 Å². The third kappa shape index (κ3) is 3.40. The number of alkyl halides is 2. The Labute approximate surface area is 141 Å². The molecule has 0 aliphatic heterocycles. The number of rotatable bonds is 4. The van der Waals surface area contributed by atoms with Crippen molar-refractivity contribution in [3.05, 3.63) is 35.5 Å². The van der Waals surface area contributed by atoms with Crippen molar-refractivity contribution in [1.82, 2.24) is 9.78 Å². The van der Waals surface area contributed by atoms with Gasteiger partial charge in [-0.05, 0) is 31.0 Å². The molecule has 1 aromatic carbocycles. The SMILES string of the molecule is NS(=O)(=O)c1cc(F)c(-c2cc(C(F)F)nn2C2CCCC2)cc1F. The number of hydrogen-bond donors (Lipinski definition) is 1. The minimum Gasteiger partial charge on any atom is -0.261 e. The van der Waals surface area contributed by atoms with Gasteiger partial charge in [0.2, 0.25) is 10.0 Å². The summed E-state index contributed by atoms with van der Waals surface area (Å²) in [6.07, 6.45) is 0.288. The fraction of sp³-hybridized carbons (Fsp3) is 0.400. The molecule has 0 spiro atoms. The Morgan fingerprint density at radius 3 is 2.32 bits per heavy atom. The summed E-state index contributed by atoms with van der Waals surface area (Å²) in [6, 6.07) is 1.90. The Balaban J connectivity index is 2.17. The fourth-order valence-corrected chi connectivity index (χ4v) is 3.69. The van der Waals surface area contributed by atoms with Crippen LogP contribution in [0.5, 0.6) is 0 Å². The zero-order chi connectivity index (χ0) is 18.4. The molecule has 2 N–H and O–H groups in total. The molecule has 10 heteroatoms. The van der Waals surface area contributed by atoms with E-state index in [2.05, 4.69) is 5.10 Å². The molecule has 1 aliphatic rings. The monoisotopic (exact) mass is 377 g/mol. The molecule has 1 fully saturated rings. The standard InChI is InChI=1S/C15H15F4N3O2S/c16-10-6-14(25(20,23)24)11(17)5-9(10)13-7-12(15(18)19)21-22(13)8-3-1-2-4-8/h5-8,15H,1-4H2,(H2,20,23,24). The molecular weight excluding hydrogens is 362 g/mol. The summed E-state index contributed by atoms with van der Waals surface area (Å²) in [5, 5.41) is 8.68. The van der Waals surface area contributed by atoms with Crippen LogP contribution in [0.25, 0.3) is 11.3 Å². The van der Waals surface area contributed by atoms with E-state index >= 15 is 0 Å². The molecule has 1 saturated carbocycles. The maximum atomic E-state index is 14.4. The van der Waals surface area contributed by atoms with Crippen molar-refractivity contribution in [3.8, 4) is 11.3 Å². The van der Waals surface area contributed by atoms with Crippen LogP contribution in [0.4, 0.5) is 17.6 Å². The second kappa shape index (κ2) is 6.41. The Morgan fingerprint density at radius 1 is 1.12 bits per heavy atom. The molecule has 0 bridgehead atoms. The summed E-state index contributed by atoms with van der Waals surface area (Å²) in [5.41, 5.74) is -0.895. The first kappa shape index (κ1) is 17.9. The summed E-state index contributed by atoms with van der Waals surface area (Å²) >= 11 is 0. The lowest BCUT2D eigenvalue weighted by molar-refractivity contribution is 0.144. The lowest BCUT2D eigenvalue weighted by Gasteiger charge is -2.15. The highest BCUT2D eigenvalue weighted by molar-refractivity contribution is 7.89. The number of aromatic nitrogens is 2. The predicted molar refractivity (Wildman–Crippen MR) is 81.4 cm³/mol. The number of primary sulfonamides is 1. The van der Waals surface area contributed by atoms with Gasteiger partial charge in [0.15, 0.2) is 0 Å². The van der Waals surface area contributed by atoms with Gasteiger partial charge in [-0.2, -0.15) is 5.10 Å². The third-order valence-corrected chi connectivity index (χ3v) is 5.18. The van der Waals surface area contributed by atoms with Crippen LogP contribution in [-0.2, 0) is 10.0 Å². The van der Waals surface area contributed by atoms with Gasteiger partial charge in [0.1, 0.15) is 22.2 Å². The van der Waals surface area contributed by atoms with Crippen LogP contribution < -0.4 is 5.14 Å². The normalized spacial score (nSPS) is 16.1. The minimum absolute atomic E-state index is 0.0143. The van der Waals surface area contributed by atoms with Crippen LogP contribution in [0.3, 0.4) is 0 Å². The van der Waals surface area contributed by atoms with Gasteiger partial charge in [-0.15, -0.1) is 0 Å². The number of nitrogens with two attached hydrogens (primary N) is 1. The van der Waals surface area contributed by atoms with Crippen LogP contribution >= 0.6 is 0 Å². The molecule has 3 rings (SSSR count). The Kier molecular flexibility index (Phi) is 4.58. The van der Waals surface area contributed by atoms with E-state index in [1.165, 1.54) is 4.68 Å². The van der Waals surface area contributed by atoms with Crippen LogP contribution in [0.15, 0.2) is 23.1 Å². The molecule has 0 unspecified atom stereocenters. The first-order valence-electron chi connectivity index (χ1n) is 7.58. The first-order chi connectivity index (χ1) is 11.7. The maximum absolute atomic E-state index is 14.4. The van der Waals surface area contributed by atoms with Crippen molar-refractivity contribution in [2.24, 2.45) is 5.14 Å². The third-order valence-electron chi connectivity index (χ3n) is 4.25. The zero-order valence-corrected chi connectivity index (χ0v) is 13.7.